The molecule has 2 rings (SSSR count). The van der Waals surface area contributed by atoms with Gasteiger partial charge in [-0.15, -0.1) is 0 Å². The lowest BCUT2D eigenvalue weighted by molar-refractivity contribution is -0.138. The van der Waals surface area contributed by atoms with Gasteiger partial charge in [0.2, 0.25) is 5.91 Å². The summed E-state index contributed by atoms with van der Waals surface area (Å²) in [5.74, 6) is -0.342. The zero-order chi connectivity index (χ0) is 17.5. The maximum absolute atomic E-state index is 12.0. The Morgan fingerprint density at radius 3 is 2.42 bits per heavy atom. The van der Waals surface area contributed by atoms with Crippen LogP contribution in [0.15, 0.2) is 24.3 Å². The largest absolute Gasteiger partial charge is 0.480 e. The smallest absolute Gasteiger partial charge is 0.317 e. The van der Waals surface area contributed by atoms with Crippen LogP contribution in [0.5, 0.6) is 0 Å². The summed E-state index contributed by atoms with van der Waals surface area (Å²) in [4.78, 5) is 24.6. The van der Waals surface area contributed by atoms with Crippen molar-refractivity contribution in [1.29, 1.82) is 5.41 Å². The van der Waals surface area contributed by atoms with Gasteiger partial charge in [0.25, 0.3) is 0 Å². The van der Waals surface area contributed by atoms with E-state index in [0.717, 1.165) is 32.4 Å². The number of likely N-dealkylation sites (tertiary alicyclic amines) is 1. The maximum Gasteiger partial charge on any atom is 0.317 e. The number of hydrogen-bond donors (Lipinski definition) is 4. The molecular formula is C17H24N4O3. The predicted molar refractivity (Wildman–Crippen MR) is 92.1 cm³/mol. The van der Waals surface area contributed by atoms with Crippen LogP contribution in [0.25, 0.3) is 0 Å². The summed E-state index contributed by atoms with van der Waals surface area (Å²) in [5, 5.41) is 19.0. The van der Waals surface area contributed by atoms with Crippen LogP contribution in [0.1, 0.15) is 31.2 Å². The quantitative estimate of drug-likeness (QED) is 0.445. The Morgan fingerprint density at radius 2 is 1.88 bits per heavy atom. The van der Waals surface area contributed by atoms with Gasteiger partial charge in [0.05, 0.1) is 6.54 Å². The Hall–Kier alpha value is -2.41. The van der Waals surface area contributed by atoms with Crippen molar-refractivity contribution in [2.75, 3.05) is 25.0 Å². The normalized spacial score (nSPS) is 15.8. The molecule has 0 unspecified atom stereocenters. The lowest BCUT2D eigenvalue weighted by Crippen LogP contribution is -2.37. The van der Waals surface area contributed by atoms with Crippen LogP contribution in [-0.4, -0.2) is 47.4 Å². The molecule has 0 bridgehead atoms. The average molecular weight is 332 g/mol. The number of carboxylic acid groups (broad SMARTS) is 1. The van der Waals surface area contributed by atoms with Gasteiger partial charge in [-0.25, -0.2) is 0 Å². The van der Waals surface area contributed by atoms with Crippen molar-refractivity contribution in [2.24, 2.45) is 11.7 Å². The molecule has 0 atom stereocenters. The van der Waals surface area contributed by atoms with Gasteiger partial charge < -0.3 is 16.2 Å². The fourth-order valence-corrected chi connectivity index (χ4v) is 2.92. The van der Waals surface area contributed by atoms with Crippen molar-refractivity contribution in [3.05, 3.63) is 29.8 Å². The van der Waals surface area contributed by atoms with Crippen molar-refractivity contribution in [3.8, 4) is 0 Å². The molecule has 7 heteroatoms. The summed E-state index contributed by atoms with van der Waals surface area (Å²) >= 11 is 0. The third-order valence-electron chi connectivity index (χ3n) is 4.33. The van der Waals surface area contributed by atoms with Crippen LogP contribution in [0.3, 0.4) is 0 Å². The first-order valence-corrected chi connectivity index (χ1v) is 8.12. The summed E-state index contributed by atoms with van der Waals surface area (Å²) in [6.45, 7) is 1.67. The van der Waals surface area contributed by atoms with Crippen molar-refractivity contribution in [2.45, 2.75) is 25.7 Å². The molecule has 0 aliphatic carbocycles. The lowest BCUT2D eigenvalue weighted by atomic mass is 9.92. The fraction of sp³-hybridized carbons (Fsp3) is 0.471. The first-order chi connectivity index (χ1) is 11.4. The van der Waals surface area contributed by atoms with Gasteiger partial charge in [-0.05, 0) is 62.5 Å². The van der Waals surface area contributed by atoms with Crippen LogP contribution < -0.4 is 11.1 Å². The molecule has 1 aromatic carbocycles. The minimum atomic E-state index is -0.788. The van der Waals surface area contributed by atoms with E-state index >= 15 is 0 Å². The van der Waals surface area contributed by atoms with Crippen molar-refractivity contribution < 1.29 is 14.7 Å². The molecule has 1 aliphatic heterocycles. The zero-order valence-electron chi connectivity index (χ0n) is 13.6. The SMILES string of the molecule is N=C(N)c1ccc(NC(=O)CCC2CCN(CC(=O)O)CC2)cc1. The maximum atomic E-state index is 12.0. The molecule has 1 fully saturated rings. The van der Waals surface area contributed by atoms with Crippen molar-refractivity contribution in [3.63, 3.8) is 0 Å². The van der Waals surface area contributed by atoms with Gasteiger partial charge in [-0.1, -0.05) is 0 Å². The number of nitrogen functional groups attached to an aromatic ring is 1. The number of hydrogen-bond acceptors (Lipinski definition) is 4. The highest BCUT2D eigenvalue weighted by atomic mass is 16.4. The van der Waals surface area contributed by atoms with Gasteiger partial charge in [0, 0.05) is 17.7 Å². The number of carboxylic acids is 1. The van der Waals surface area contributed by atoms with E-state index in [1.807, 2.05) is 4.90 Å². The first-order valence-electron chi connectivity index (χ1n) is 8.12. The summed E-state index contributed by atoms with van der Waals surface area (Å²) < 4.78 is 0. The molecule has 0 radical (unpaired) electrons. The van der Waals surface area contributed by atoms with Gasteiger partial charge >= 0.3 is 5.97 Å². The Labute approximate surface area is 141 Å². The highest BCUT2D eigenvalue weighted by Crippen LogP contribution is 2.22. The fourth-order valence-electron chi connectivity index (χ4n) is 2.92. The van der Waals surface area contributed by atoms with E-state index in [-0.39, 0.29) is 18.3 Å². The van der Waals surface area contributed by atoms with Crippen LogP contribution in [0.2, 0.25) is 0 Å². The number of anilines is 1. The molecule has 1 aromatic rings. The number of benzene rings is 1. The predicted octanol–water partition coefficient (Wildman–Crippen LogP) is 1.49. The number of amidine groups is 1. The van der Waals surface area contributed by atoms with Crippen LogP contribution in [0.4, 0.5) is 5.69 Å². The monoisotopic (exact) mass is 332 g/mol. The molecule has 7 nitrogen and oxygen atoms in total. The molecule has 130 valence electrons. The summed E-state index contributed by atoms with van der Waals surface area (Å²) in [6.07, 6.45) is 3.15. The minimum absolute atomic E-state index is 0.00196. The number of piperidine rings is 1. The Kier molecular flexibility index (Phi) is 6.31. The molecule has 0 aromatic heterocycles. The summed E-state index contributed by atoms with van der Waals surface area (Å²) in [7, 11) is 0. The zero-order valence-corrected chi connectivity index (χ0v) is 13.6. The van der Waals surface area contributed by atoms with Crippen molar-refractivity contribution >= 4 is 23.4 Å². The topological polar surface area (TPSA) is 120 Å². The Balaban J connectivity index is 1.70. The highest BCUT2D eigenvalue weighted by molar-refractivity contribution is 5.96. The average Bonchev–Trinajstić information content (AvgIpc) is 2.54. The molecule has 1 aliphatic rings. The first kappa shape index (κ1) is 17.9. The van der Waals surface area contributed by atoms with E-state index in [0.29, 0.717) is 23.6 Å². The standard InChI is InChI=1S/C17H24N4O3/c18-17(19)13-2-4-14(5-3-13)20-15(22)6-1-12-7-9-21(10-8-12)11-16(23)24/h2-5,12H,1,6-11H2,(H3,18,19)(H,20,22)(H,23,24). The third-order valence-corrected chi connectivity index (χ3v) is 4.33. The molecule has 1 saturated heterocycles. The molecule has 5 N–H and O–H groups in total. The molecule has 0 spiro atoms. The van der Waals surface area contributed by atoms with Crippen LogP contribution >= 0.6 is 0 Å². The lowest BCUT2D eigenvalue weighted by Gasteiger charge is -2.30. The highest BCUT2D eigenvalue weighted by Gasteiger charge is 2.21. The van der Waals surface area contributed by atoms with Crippen molar-refractivity contribution in [1.82, 2.24) is 4.90 Å². The number of amides is 1. The summed E-state index contributed by atoms with van der Waals surface area (Å²) in [6, 6.07) is 6.88. The van der Waals surface area contributed by atoms with E-state index in [9.17, 15) is 9.59 Å². The molecule has 1 heterocycles. The van der Waals surface area contributed by atoms with E-state index in [1.54, 1.807) is 24.3 Å². The minimum Gasteiger partial charge on any atom is -0.480 e. The number of carbonyl (C=O) groups is 2. The van der Waals surface area contributed by atoms with E-state index < -0.39 is 5.97 Å². The second-order valence-electron chi connectivity index (χ2n) is 6.19. The molecular weight excluding hydrogens is 308 g/mol. The summed E-state index contributed by atoms with van der Waals surface area (Å²) in [5.41, 5.74) is 6.71. The third kappa shape index (κ3) is 5.66. The van der Waals surface area contributed by atoms with E-state index in [4.69, 9.17) is 16.2 Å². The number of rotatable bonds is 7. The number of aliphatic carboxylic acids is 1. The van der Waals surface area contributed by atoms with Crippen LogP contribution in [-0.2, 0) is 9.59 Å². The van der Waals surface area contributed by atoms with Crippen LogP contribution in [0, 0.1) is 11.3 Å². The van der Waals surface area contributed by atoms with Gasteiger partial charge in [0.1, 0.15) is 5.84 Å². The van der Waals surface area contributed by atoms with Gasteiger partial charge in [-0.3, -0.25) is 19.9 Å². The molecule has 1 amide bonds. The Morgan fingerprint density at radius 1 is 1.25 bits per heavy atom. The number of carbonyl (C=O) groups excluding carboxylic acids is 1. The number of nitrogens with two attached hydrogens (primary N) is 1. The Bertz CT molecular complexity index is 592. The molecule has 24 heavy (non-hydrogen) atoms. The van der Waals surface area contributed by atoms with E-state index in [1.165, 1.54) is 0 Å². The second-order valence-corrected chi connectivity index (χ2v) is 6.19. The van der Waals surface area contributed by atoms with Gasteiger partial charge in [0.15, 0.2) is 0 Å². The van der Waals surface area contributed by atoms with E-state index in [2.05, 4.69) is 5.32 Å². The number of nitrogens with zero attached hydrogens (tertiary/aromatic N) is 1. The second kappa shape index (κ2) is 8.44. The number of nitrogens with one attached hydrogen (secondary N) is 2. The molecule has 0 saturated carbocycles. The van der Waals surface area contributed by atoms with Gasteiger partial charge in [-0.2, -0.15) is 0 Å².